The molecule has 2 atom stereocenters. The Bertz CT molecular complexity index is 819. The molecule has 0 radical (unpaired) electrons. The van der Waals surface area contributed by atoms with Crippen LogP contribution in [-0.2, 0) is 16.1 Å². The van der Waals surface area contributed by atoms with Gasteiger partial charge in [0.15, 0.2) is 6.29 Å². The zero-order valence-electron chi connectivity index (χ0n) is 15.2. The molecule has 0 heterocycles. The van der Waals surface area contributed by atoms with Crippen molar-refractivity contribution in [3.05, 3.63) is 96.1 Å². The number of methoxy groups -OCH3 is 1. The van der Waals surface area contributed by atoms with Gasteiger partial charge in [-0.2, -0.15) is 0 Å². The third-order valence-corrected chi connectivity index (χ3v) is 4.32. The van der Waals surface area contributed by atoms with Crippen molar-refractivity contribution in [3.8, 4) is 5.75 Å². The molecule has 3 rings (SSSR count). The number of ether oxygens (including phenoxy) is 2. The highest BCUT2D eigenvalue weighted by Gasteiger charge is 2.23. The zero-order valence-corrected chi connectivity index (χ0v) is 15.2. The second-order valence-corrected chi connectivity index (χ2v) is 6.16. The molecule has 0 saturated carbocycles. The van der Waals surface area contributed by atoms with E-state index >= 15 is 0 Å². The molecule has 0 aliphatic heterocycles. The Hall–Kier alpha value is -3.11. The molecule has 0 unspecified atom stereocenters. The molecule has 0 bridgehead atoms. The van der Waals surface area contributed by atoms with Crippen molar-refractivity contribution in [2.45, 2.75) is 18.8 Å². The maximum absolute atomic E-state index is 11.8. The van der Waals surface area contributed by atoms with Crippen molar-refractivity contribution in [1.82, 2.24) is 0 Å². The van der Waals surface area contributed by atoms with E-state index in [9.17, 15) is 4.79 Å². The van der Waals surface area contributed by atoms with Crippen molar-refractivity contribution < 1.29 is 14.3 Å². The predicted molar refractivity (Wildman–Crippen MR) is 107 cm³/mol. The molecule has 3 aromatic carbocycles. The molecule has 27 heavy (non-hydrogen) atoms. The van der Waals surface area contributed by atoms with Crippen LogP contribution in [0, 0.1) is 0 Å². The Morgan fingerprint density at radius 2 is 1.52 bits per heavy atom. The average molecular weight is 361 g/mol. The summed E-state index contributed by atoms with van der Waals surface area (Å²) in [5, 5.41) is 3.42. The fourth-order valence-electron chi connectivity index (χ4n) is 2.86. The van der Waals surface area contributed by atoms with Gasteiger partial charge in [0.25, 0.3) is 0 Å². The van der Waals surface area contributed by atoms with Gasteiger partial charge < -0.3 is 19.6 Å². The number of nitrogens with one attached hydrogen (secondary N) is 1. The standard InChI is InChI=1S/C23H23NO3/c1-26-21-14-12-20(13-15-21)24-23(19-10-6-3-7-11-19)22(16-25)27-17-18-8-4-2-5-9-18/h2-16,22-24H,17H2,1H3/t22-,23-/m1/s1. The Balaban J connectivity index is 1.80. The van der Waals surface area contributed by atoms with Gasteiger partial charge in [0.1, 0.15) is 11.9 Å². The van der Waals surface area contributed by atoms with Gasteiger partial charge in [0, 0.05) is 5.69 Å². The average Bonchev–Trinajstić information content (AvgIpc) is 2.75. The minimum atomic E-state index is -0.630. The summed E-state index contributed by atoms with van der Waals surface area (Å²) >= 11 is 0. The van der Waals surface area contributed by atoms with Crippen LogP contribution < -0.4 is 10.1 Å². The van der Waals surface area contributed by atoms with Gasteiger partial charge in [0.05, 0.1) is 19.8 Å². The van der Waals surface area contributed by atoms with Crippen molar-refractivity contribution in [1.29, 1.82) is 0 Å². The van der Waals surface area contributed by atoms with E-state index in [0.29, 0.717) is 6.61 Å². The summed E-state index contributed by atoms with van der Waals surface area (Å²) in [5.41, 5.74) is 2.90. The van der Waals surface area contributed by atoms with Gasteiger partial charge in [-0.25, -0.2) is 0 Å². The van der Waals surface area contributed by atoms with Crippen molar-refractivity contribution >= 4 is 12.0 Å². The van der Waals surface area contributed by atoms with Crippen LogP contribution >= 0.6 is 0 Å². The number of aldehydes is 1. The SMILES string of the molecule is COc1ccc(N[C@H](c2ccccc2)[C@@H](C=O)OCc2ccccc2)cc1. The smallest absolute Gasteiger partial charge is 0.151 e. The Morgan fingerprint density at radius 1 is 0.889 bits per heavy atom. The number of hydrogen-bond donors (Lipinski definition) is 1. The molecular weight excluding hydrogens is 338 g/mol. The van der Waals surface area contributed by atoms with Crippen LogP contribution in [0.2, 0.25) is 0 Å². The van der Waals surface area contributed by atoms with E-state index in [-0.39, 0.29) is 6.04 Å². The lowest BCUT2D eigenvalue weighted by Gasteiger charge is -2.26. The van der Waals surface area contributed by atoms with Gasteiger partial charge in [0.2, 0.25) is 0 Å². The topological polar surface area (TPSA) is 47.6 Å². The number of carbonyl (C=O) groups excluding carboxylic acids is 1. The van der Waals surface area contributed by atoms with Crippen LogP contribution in [0.15, 0.2) is 84.9 Å². The fourth-order valence-corrected chi connectivity index (χ4v) is 2.86. The Labute approximate surface area is 159 Å². The Kier molecular flexibility index (Phi) is 6.61. The van der Waals surface area contributed by atoms with E-state index < -0.39 is 6.10 Å². The lowest BCUT2D eigenvalue weighted by molar-refractivity contribution is -0.119. The molecule has 0 aliphatic carbocycles. The van der Waals surface area contributed by atoms with Crippen molar-refractivity contribution in [2.24, 2.45) is 0 Å². The zero-order chi connectivity index (χ0) is 18.9. The molecular formula is C23H23NO3. The van der Waals surface area contributed by atoms with Crippen LogP contribution in [0.5, 0.6) is 5.75 Å². The second kappa shape index (κ2) is 9.55. The molecule has 0 spiro atoms. The van der Waals surface area contributed by atoms with Crippen molar-refractivity contribution in [3.63, 3.8) is 0 Å². The highest BCUT2D eigenvalue weighted by molar-refractivity contribution is 5.61. The fraction of sp³-hybridized carbons (Fsp3) is 0.174. The van der Waals surface area contributed by atoms with Crippen LogP contribution in [-0.4, -0.2) is 19.5 Å². The predicted octanol–water partition coefficient (Wildman–Crippen LogP) is 4.63. The first-order valence-electron chi connectivity index (χ1n) is 8.86. The second-order valence-electron chi connectivity index (χ2n) is 6.16. The van der Waals surface area contributed by atoms with Gasteiger partial charge in [-0.15, -0.1) is 0 Å². The third kappa shape index (κ3) is 5.19. The summed E-state index contributed by atoms with van der Waals surface area (Å²) < 4.78 is 11.2. The van der Waals surface area contributed by atoms with Crippen LogP contribution in [0.3, 0.4) is 0 Å². The summed E-state index contributed by atoms with van der Waals surface area (Å²) in [6.07, 6.45) is 0.228. The van der Waals surface area contributed by atoms with Gasteiger partial charge in [-0.3, -0.25) is 0 Å². The molecule has 0 saturated heterocycles. The van der Waals surface area contributed by atoms with E-state index in [4.69, 9.17) is 9.47 Å². The maximum Gasteiger partial charge on any atom is 0.151 e. The molecule has 0 amide bonds. The summed E-state index contributed by atoms with van der Waals surface area (Å²) in [5.74, 6) is 0.782. The number of anilines is 1. The Morgan fingerprint density at radius 3 is 2.11 bits per heavy atom. The van der Waals surface area contributed by atoms with E-state index in [2.05, 4.69) is 5.32 Å². The highest BCUT2D eigenvalue weighted by Crippen LogP contribution is 2.26. The molecule has 4 heteroatoms. The number of hydrogen-bond acceptors (Lipinski definition) is 4. The van der Waals surface area contributed by atoms with Crippen LogP contribution in [0.1, 0.15) is 17.2 Å². The van der Waals surface area contributed by atoms with Crippen LogP contribution in [0.25, 0.3) is 0 Å². The maximum atomic E-state index is 11.8. The third-order valence-electron chi connectivity index (χ3n) is 4.32. The number of benzene rings is 3. The normalized spacial score (nSPS) is 12.8. The minimum Gasteiger partial charge on any atom is -0.497 e. The number of carbonyl (C=O) groups is 1. The molecule has 0 aromatic heterocycles. The lowest BCUT2D eigenvalue weighted by Crippen LogP contribution is -2.29. The quantitative estimate of drug-likeness (QED) is 0.565. The van der Waals surface area contributed by atoms with E-state index in [1.54, 1.807) is 7.11 Å². The van der Waals surface area contributed by atoms with E-state index in [0.717, 1.165) is 28.8 Å². The first-order chi connectivity index (χ1) is 13.3. The molecule has 138 valence electrons. The molecule has 1 N–H and O–H groups in total. The van der Waals surface area contributed by atoms with Gasteiger partial charge >= 0.3 is 0 Å². The van der Waals surface area contributed by atoms with Crippen LogP contribution in [0.4, 0.5) is 5.69 Å². The summed E-state index contributed by atoms with van der Waals surface area (Å²) in [6.45, 7) is 0.373. The summed E-state index contributed by atoms with van der Waals surface area (Å²) in [7, 11) is 1.63. The monoisotopic (exact) mass is 361 g/mol. The van der Waals surface area contributed by atoms with Gasteiger partial charge in [-0.1, -0.05) is 60.7 Å². The van der Waals surface area contributed by atoms with E-state index in [1.807, 2.05) is 84.9 Å². The molecule has 3 aromatic rings. The number of rotatable bonds is 9. The molecule has 0 fully saturated rings. The van der Waals surface area contributed by atoms with Gasteiger partial charge in [-0.05, 0) is 35.4 Å². The summed E-state index contributed by atoms with van der Waals surface area (Å²) in [6, 6.07) is 27.0. The van der Waals surface area contributed by atoms with E-state index in [1.165, 1.54) is 0 Å². The van der Waals surface area contributed by atoms with Crippen molar-refractivity contribution in [2.75, 3.05) is 12.4 Å². The molecule has 4 nitrogen and oxygen atoms in total. The first-order valence-corrected chi connectivity index (χ1v) is 8.86. The highest BCUT2D eigenvalue weighted by atomic mass is 16.5. The largest absolute Gasteiger partial charge is 0.497 e. The minimum absolute atomic E-state index is 0.305. The first kappa shape index (κ1) is 18.7. The summed E-state index contributed by atoms with van der Waals surface area (Å²) in [4.78, 5) is 11.8. The molecule has 0 aliphatic rings. The lowest BCUT2D eigenvalue weighted by atomic mass is 10.0.